The van der Waals surface area contributed by atoms with Gasteiger partial charge in [0.2, 0.25) is 5.91 Å². The van der Waals surface area contributed by atoms with Crippen molar-refractivity contribution in [3.63, 3.8) is 0 Å². The van der Waals surface area contributed by atoms with Crippen LogP contribution in [-0.2, 0) is 4.79 Å². The van der Waals surface area contributed by atoms with Crippen molar-refractivity contribution in [3.8, 4) is 11.5 Å². The summed E-state index contributed by atoms with van der Waals surface area (Å²) in [5.74, 6) is -0.168. The normalized spacial score (nSPS) is 25.0. The summed E-state index contributed by atoms with van der Waals surface area (Å²) in [4.78, 5) is 16.8. The third kappa shape index (κ3) is 3.29. The molecule has 0 bridgehead atoms. The van der Waals surface area contributed by atoms with Crippen molar-refractivity contribution in [2.45, 2.75) is 24.9 Å². The molecule has 3 N–H and O–H groups in total. The second-order valence-corrected chi connectivity index (χ2v) is 7.85. The number of amides is 1. The molecule has 10 heteroatoms. The number of carbonyl (C=O) groups excluding carboxylic acids is 1. The number of piperidine rings is 1. The third-order valence-corrected chi connectivity index (χ3v) is 5.99. The van der Waals surface area contributed by atoms with Crippen LogP contribution in [0.1, 0.15) is 24.6 Å². The monoisotopic (exact) mass is 418 g/mol. The van der Waals surface area contributed by atoms with Crippen molar-refractivity contribution in [2.75, 3.05) is 19.6 Å². The van der Waals surface area contributed by atoms with Gasteiger partial charge in [-0.2, -0.15) is 4.98 Å². The maximum absolute atomic E-state index is 14.3. The molecule has 1 aromatic heterocycles. The quantitative estimate of drug-likeness (QED) is 0.699. The van der Waals surface area contributed by atoms with Gasteiger partial charge in [-0.15, -0.1) is 0 Å². The number of nitrogens with zero attached hydrogens (tertiary/aromatic N) is 3. The van der Waals surface area contributed by atoms with Gasteiger partial charge < -0.3 is 15.2 Å². The van der Waals surface area contributed by atoms with Crippen LogP contribution >= 0.6 is 11.6 Å². The van der Waals surface area contributed by atoms with Gasteiger partial charge in [-0.1, -0.05) is 22.8 Å². The second kappa shape index (κ2) is 7.40. The average molecular weight is 419 g/mol. The number of aromatic nitrogens is 2. The van der Waals surface area contributed by atoms with E-state index in [0.717, 1.165) is 31.6 Å². The Kier molecular flexibility index (Phi) is 4.73. The van der Waals surface area contributed by atoms with E-state index in [2.05, 4.69) is 26.2 Å². The summed E-state index contributed by atoms with van der Waals surface area (Å²) in [5, 5.41) is 12.4. The van der Waals surface area contributed by atoms with Gasteiger partial charge in [-0.05, 0) is 38.1 Å². The molecule has 2 saturated heterocycles. The van der Waals surface area contributed by atoms with E-state index in [9.17, 15) is 9.18 Å². The van der Waals surface area contributed by atoms with Crippen LogP contribution in [0.2, 0.25) is 5.02 Å². The van der Waals surface area contributed by atoms with Crippen LogP contribution in [0.3, 0.4) is 0 Å². The van der Waals surface area contributed by atoms with Crippen molar-refractivity contribution in [1.29, 1.82) is 0 Å². The van der Waals surface area contributed by atoms with Crippen LogP contribution in [0.5, 0.6) is 0 Å². The lowest BCUT2D eigenvalue weighted by atomic mass is 9.92. The summed E-state index contributed by atoms with van der Waals surface area (Å²) in [6, 6.07) is 4.63. The topological polar surface area (TPSA) is 95.3 Å². The Morgan fingerprint density at radius 1 is 1.28 bits per heavy atom. The summed E-state index contributed by atoms with van der Waals surface area (Å²) >= 11 is 5.85. The summed E-state index contributed by atoms with van der Waals surface area (Å²) in [7, 11) is 0. The van der Waals surface area contributed by atoms with Crippen LogP contribution in [-0.4, -0.2) is 46.9 Å². The lowest BCUT2D eigenvalue weighted by Crippen LogP contribution is -2.54. The summed E-state index contributed by atoms with van der Waals surface area (Å²) < 4.78 is 19.6. The molecular formula is C19H20ClFN6O2. The molecule has 1 aromatic carbocycles. The first-order valence-electron chi connectivity index (χ1n) is 9.65. The number of carbonyl (C=O) groups is 1. The Bertz CT molecular complexity index is 973. The summed E-state index contributed by atoms with van der Waals surface area (Å²) in [5.41, 5.74) is 4.51. The zero-order valence-electron chi connectivity index (χ0n) is 15.5. The first-order chi connectivity index (χ1) is 14.1. The van der Waals surface area contributed by atoms with Crippen molar-refractivity contribution in [1.82, 2.24) is 31.2 Å². The standard InChI is InChI=1S/C19H20ClFN6O2/c20-13-3-1-2-11(16(13)21)19-25-17(26-29-19)12-9-23-27-14(8-15(28)24-18(12)27)10-4-6-22-7-5-10/h1-3,8,10,12,18,22-23H,4-7,9H2,(H,24,28). The molecule has 0 radical (unpaired) electrons. The van der Waals surface area contributed by atoms with Crippen LogP contribution in [0, 0.1) is 11.7 Å². The molecule has 1 amide bonds. The number of halogens is 2. The maximum atomic E-state index is 14.3. The van der Waals surface area contributed by atoms with E-state index < -0.39 is 5.82 Å². The number of nitrogens with one attached hydrogen (secondary N) is 3. The van der Waals surface area contributed by atoms with Gasteiger partial charge in [-0.3, -0.25) is 9.80 Å². The number of fused-ring (bicyclic) bond motifs is 1. The predicted molar refractivity (Wildman–Crippen MR) is 103 cm³/mol. The molecule has 5 rings (SSSR count). The molecule has 4 heterocycles. The van der Waals surface area contributed by atoms with Gasteiger partial charge >= 0.3 is 0 Å². The number of hydrazine groups is 1. The number of hydrogen-bond acceptors (Lipinski definition) is 7. The zero-order valence-corrected chi connectivity index (χ0v) is 16.2. The van der Waals surface area contributed by atoms with Gasteiger partial charge in [0.25, 0.3) is 5.89 Å². The van der Waals surface area contributed by atoms with E-state index in [0.29, 0.717) is 18.3 Å². The Labute approximate surface area is 171 Å². The molecule has 0 spiro atoms. The van der Waals surface area contributed by atoms with Crippen LogP contribution in [0.15, 0.2) is 34.5 Å². The number of allylic oxidation sites excluding steroid dienone is 1. The van der Waals surface area contributed by atoms with E-state index >= 15 is 0 Å². The van der Waals surface area contributed by atoms with Gasteiger partial charge in [-0.25, -0.2) is 9.82 Å². The molecule has 152 valence electrons. The predicted octanol–water partition coefficient (Wildman–Crippen LogP) is 1.77. The number of hydrogen-bond donors (Lipinski definition) is 3. The van der Waals surface area contributed by atoms with E-state index in [-0.39, 0.29) is 34.5 Å². The highest BCUT2D eigenvalue weighted by molar-refractivity contribution is 6.31. The van der Waals surface area contributed by atoms with E-state index in [1.54, 1.807) is 12.1 Å². The first kappa shape index (κ1) is 18.5. The molecule has 8 nitrogen and oxygen atoms in total. The molecule has 3 aliphatic rings. The van der Waals surface area contributed by atoms with E-state index in [1.165, 1.54) is 12.1 Å². The van der Waals surface area contributed by atoms with Crippen molar-refractivity contribution in [3.05, 3.63) is 46.6 Å². The molecule has 0 saturated carbocycles. The molecule has 0 aliphatic carbocycles. The van der Waals surface area contributed by atoms with Crippen molar-refractivity contribution >= 4 is 17.5 Å². The maximum Gasteiger partial charge on any atom is 0.260 e. The summed E-state index contributed by atoms with van der Waals surface area (Å²) in [6.07, 6.45) is 3.31. The zero-order chi connectivity index (χ0) is 20.0. The number of rotatable bonds is 3. The smallest absolute Gasteiger partial charge is 0.260 e. The molecule has 2 atom stereocenters. The molecule has 2 fully saturated rings. The average Bonchev–Trinajstić information content (AvgIpc) is 3.37. The lowest BCUT2D eigenvalue weighted by Gasteiger charge is -2.38. The highest BCUT2D eigenvalue weighted by Gasteiger charge is 2.44. The van der Waals surface area contributed by atoms with E-state index in [4.69, 9.17) is 16.1 Å². The van der Waals surface area contributed by atoms with Crippen molar-refractivity contribution in [2.24, 2.45) is 5.92 Å². The SMILES string of the molecule is O=C1C=C(C2CCNCC2)N2NCC(c3noc(-c4cccc(Cl)c4F)n3)C2N1. The Morgan fingerprint density at radius 3 is 2.93 bits per heavy atom. The molecule has 2 unspecified atom stereocenters. The molecule has 2 aromatic rings. The Balaban J connectivity index is 1.41. The van der Waals surface area contributed by atoms with Crippen LogP contribution < -0.4 is 16.1 Å². The second-order valence-electron chi connectivity index (χ2n) is 7.44. The highest BCUT2D eigenvalue weighted by Crippen LogP contribution is 2.35. The van der Waals surface area contributed by atoms with E-state index in [1.807, 2.05) is 5.01 Å². The molecule has 29 heavy (non-hydrogen) atoms. The fourth-order valence-electron chi connectivity index (χ4n) is 4.22. The largest absolute Gasteiger partial charge is 0.334 e. The lowest BCUT2D eigenvalue weighted by molar-refractivity contribution is -0.119. The molecule has 3 aliphatic heterocycles. The van der Waals surface area contributed by atoms with Gasteiger partial charge in [0.05, 0.1) is 16.5 Å². The first-order valence-corrected chi connectivity index (χ1v) is 10.0. The third-order valence-electron chi connectivity index (χ3n) is 5.70. The Hall–Kier alpha value is -2.49. The Morgan fingerprint density at radius 2 is 2.10 bits per heavy atom. The minimum absolute atomic E-state index is 0.00717. The van der Waals surface area contributed by atoms with Gasteiger partial charge in [0.15, 0.2) is 11.6 Å². The molecular weight excluding hydrogens is 399 g/mol. The minimum Gasteiger partial charge on any atom is -0.334 e. The van der Waals surface area contributed by atoms with Crippen LogP contribution in [0.25, 0.3) is 11.5 Å². The van der Waals surface area contributed by atoms with Gasteiger partial charge in [0.1, 0.15) is 6.17 Å². The fourth-order valence-corrected chi connectivity index (χ4v) is 4.40. The summed E-state index contributed by atoms with van der Waals surface area (Å²) in [6.45, 7) is 2.40. The fraction of sp³-hybridized carbons (Fsp3) is 0.421. The number of benzene rings is 1. The van der Waals surface area contributed by atoms with Crippen LogP contribution in [0.4, 0.5) is 4.39 Å². The van der Waals surface area contributed by atoms with Crippen molar-refractivity contribution < 1.29 is 13.7 Å². The van der Waals surface area contributed by atoms with Gasteiger partial charge in [0, 0.05) is 24.2 Å². The minimum atomic E-state index is -0.599. The highest BCUT2D eigenvalue weighted by atomic mass is 35.5.